The Labute approximate surface area is 79.4 Å². The van der Waals surface area contributed by atoms with Crippen LogP contribution in [0.5, 0.6) is 0 Å². The summed E-state index contributed by atoms with van der Waals surface area (Å²) in [5.41, 5.74) is 0. The second-order valence-electron chi connectivity index (χ2n) is 3.53. The number of aromatic nitrogens is 3. The van der Waals surface area contributed by atoms with E-state index in [-0.39, 0.29) is 0 Å². The topological polar surface area (TPSA) is 42.7 Å². The maximum absolute atomic E-state index is 4.20. The monoisotopic (exact) mass is 182 g/mol. The molecule has 0 spiro atoms. The molecule has 4 heteroatoms. The first-order valence-corrected chi connectivity index (χ1v) is 4.81. The van der Waals surface area contributed by atoms with E-state index in [9.17, 15) is 0 Å². The molecule has 0 aromatic carbocycles. The highest BCUT2D eigenvalue weighted by Gasteiger charge is 2.04. The van der Waals surface area contributed by atoms with Crippen LogP contribution in [0.15, 0.2) is 6.33 Å². The maximum atomic E-state index is 4.20. The molecule has 0 bridgehead atoms. The summed E-state index contributed by atoms with van der Waals surface area (Å²) < 4.78 is 1.97. The number of nitrogens with one attached hydrogen (secondary N) is 1. The summed E-state index contributed by atoms with van der Waals surface area (Å²) in [6.45, 7) is 9.17. The normalized spacial score (nSPS) is 11.1. The Morgan fingerprint density at radius 2 is 2.31 bits per heavy atom. The van der Waals surface area contributed by atoms with Gasteiger partial charge in [0.2, 0.25) is 0 Å². The summed E-state index contributed by atoms with van der Waals surface area (Å²) in [5, 5.41) is 7.42. The Balaban J connectivity index is 2.55. The minimum atomic E-state index is 0.613. The zero-order chi connectivity index (χ0) is 9.68. The molecule has 0 aliphatic rings. The molecule has 0 saturated heterocycles. The van der Waals surface area contributed by atoms with Gasteiger partial charge in [0.05, 0.1) is 6.54 Å². The van der Waals surface area contributed by atoms with Crippen molar-refractivity contribution in [1.82, 2.24) is 20.1 Å². The van der Waals surface area contributed by atoms with Crippen LogP contribution in [0.4, 0.5) is 0 Å². The van der Waals surface area contributed by atoms with E-state index < -0.39 is 0 Å². The average molecular weight is 182 g/mol. The average Bonchev–Trinajstić information content (AvgIpc) is 2.48. The first-order valence-electron chi connectivity index (χ1n) is 4.81. The van der Waals surface area contributed by atoms with Crippen LogP contribution in [0.2, 0.25) is 0 Å². The van der Waals surface area contributed by atoms with E-state index in [0.717, 1.165) is 25.5 Å². The Bertz CT molecular complexity index is 242. The predicted molar refractivity (Wildman–Crippen MR) is 52.2 cm³/mol. The van der Waals surface area contributed by atoms with E-state index in [2.05, 4.69) is 36.2 Å². The lowest BCUT2D eigenvalue weighted by Crippen LogP contribution is -2.18. The molecule has 0 atom stereocenters. The van der Waals surface area contributed by atoms with E-state index in [1.165, 1.54) is 0 Å². The molecule has 0 aliphatic carbocycles. The third-order valence-electron chi connectivity index (χ3n) is 1.77. The molecule has 1 aromatic rings. The standard InChI is InChI=1S/C9H18N4/c1-4-10-5-9-11-7-12-13(9)6-8(2)3/h7-8,10H,4-6H2,1-3H3. The lowest BCUT2D eigenvalue weighted by atomic mass is 10.2. The second kappa shape index (κ2) is 4.97. The van der Waals surface area contributed by atoms with Crippen molar-refractivity contribution in [1.29, 1.82) is 0 Å². The van der Waals surface area contributed by atoms with E-state index >= 15 is 0 Å². The molecule has 0 unspecified atom stereocenters. The van der Waals surface area contributed by atoms with Crippen molar-refractivity contribution in [2.45, 2.75) is 33.9 Å². The molecular formula is C9H18N4. The van der Waals surface area contributed by atoms with Crippen molar-refractivity contribution in [3.8, 4) is 0 Å². The van der Waals surface area contributed by atoms with Crippen LogP contribution in [0.1, 0.15) is 26.6 Å². The molecule has 74 valence electrons. The van der Waals surface area contributed by atoms with Crippen LogP contribution in [-0.2, 0) is 13.1 Å². The van der Waals surface area contributed by atoms with Gasteiger partial charge in [0.15, 0.2) is 0 Å². The largest absolute Gasteiger partial charge is 0.310 e. The van der Waals surface area contributed by atoms with E-state index in [1.807, 2.05) is 4.68 Å². The van der Waals surface area contributed by atoms with Crippen LogP contribution in [0.25, 0.3) is 0 Å². The highest BCUT2D eigenvalue weighted by molar-refractivity contribution is 4.83. The summed E-state index contributed by atoms with van der Waals surface area (Å²) in [4.78, 5) is 4.20. The van der Waals surface area contributed by atoms with Crippen molar-refractivity contribution in [3.63, 3.8) is 0 Å². The lowest BCUT2D eigenvalue weighted by molar-refractivity contribution is 0.459. The first-order chi connectivity index (χ1) is 6.24. The van der Waals surface area contributed by atoms with Crippen molar-refractivity contribution in [2.75, 3.05) is 6.54 Å². The molecule has 1 heterocycles. The first kappa shape index (κ1) is 10.2. The fraction of sp³-hybridized carbons (Fsp3) is 0.778. The van der Waals surface area contributed by atoms with Gasteiger partial charge < -0.3 is 5.32 Å². The van der Waals surface area contributed by atoms with Crippen molar-refractivity contribution >= 4 is 0 Å². The number of rotatable bonds is 5. The van der Waals surface area contributed by atoms with Crippen LogP contribution < -0.4 is 5.32 Å². The van der Waals surface area contributed by atoms with Crippen molar-refractivity contribution < 1.29 is 0 Å². The van der Waals surface area contributed by atoms with Crippen molar-refractivity contribution in [3.05, 3.63) is 12.2 Å². The summed E-state index contributed by atoms with van der Waals surface area (Å²) in [7, 11) is 0. The lowest BCUT2D eigenvalue weighted by Gasteiger charge is -2.08. The minimum Gasteiger partial charge on any atom is -0.310 e. The molecule has 1 rings (SSSR count). The fourth-order valence-corrected chi connectivity index (χ4v) is 1.16. The van der Waals surface area contributed by atoms with Gasteiger partial charge >= 0.3 is 0 Å². The van der Waals surface area contributed by atoms with E-state index in [0.29, 0.717) is 5.92 Å². The van der Waals surface area contributed by atoms with Gasteiger partial charge in [0.25, 0.3) is 0 Å². The van der Waals surface area contributed by atoms with Gasteiger partial charge in [-0.25, -0.2) is 9.67 Å². The van der Waals surface area contributed by atoms with E-state index in [4.69, 9.17) is 0 Å². The van der Waals surface area contributed by atoms with Gasteiger partial charge in [-0.15, -0.1) is 0 Å². The summed E-state index contributed by atoms with van der Waals surface area (Å²) >= 11 is 0. The van der Waals surface area contributed by atoms with Gasteiger partial charge in [-0.1, -0.05) is 20.8 Å². The van der Waals surface area contributed by atoms with Crippen LogP contribution in [0.3, 0.4) is 0 Å². The Kier molecular flexibility index (Phi) is 3.89. The molecule has 0 aliphatic heterocycles. The predicted octanol–water partition coefficient (Wildman–Crippen LogP) is 1.04. The molecule has 13 heavy (non-hydrogen) atoms. The number of hydrogen-bond donors (Lipinski definition) is 1. The SMILES string of the molecule is CCNCc1ncnn1CC(C)C. The Hall–Kier alpha value is -0.900. The van der Waals surface area contributed by atoms with Crippen molar-refractivity contribution in [2.24, 2.45) is 5.92 Å². The smallest absolute Gasteiger partial charge is 0.140 e. The molecular weight excluding hydrogens is 164 g/mol. The summed E-state index contributed by atoms with van der Waals surface area (Å²) in [5.74, 6) is 1.64. The van der Waals surface area contributed by atoms with Crippen LogP contribution in [-0.4, -0.2) is 21.3 Å². The molecule has 1 N–H and O–H groups in total. The Morgan fingerprint density at radius 3 is 2.92 bits per heavy atom. The van der Waals surface area contributed by atoms with E-state index in [1.54, 1.807) is 6.33 Å². The molecule has 0 radical (unpaired) electrons. The highest BCUT2D eigenvalue weighted by Crippen LogP contribution is 2.00. The van der Waals surface area contributed by atoms with Crippen LogP contribution >= 0.6 is 0 Å². The maximum Gasteiger partial charge on any atom is 0.140 e. The quantitative estimate of drug-likeness (QED) is 0.740. The van der Waals surface area contributed by atoms with Gasteiger partial charge in [-0.2, -0.15) is 5.10 Å². The van der Waals surface area contributed by atoms with Crippen LogP contribution in [0, 0.1) is 5.92 Å². The number of hydrogen-bond acceptors (Lipinski definition) is 3. The summed E-state index contributed by atoms with van der Waals surface area (Å²) in [6, 6.07) is 0. The summed E-state index contributed by atoms with van der Waals surface area (Å²) in [6.07, 6.45) is 1.62. The highest BCUT2D eigenvalue weighted by atomic mass is 15.3. The fourth-order valence-electron chi connectivity index (χ4n) is 1.16. The van der Waals surface area contributed by atoms with Gasteiger partial charge in [0, 0.05) is 6.54 Å². The third-order valence-corrected chi connectivity index (χ3v) is 1.77. The molecule has 0 saturated carbocycles. The second-order valence-corrected chi connectivity index (χ2v) is 3.53. The zero-order valence-electron chi connectivity index (χ0n) is 8.62. The van der Waals surface area contributed by atoms with Gasteiger partial charge in [-0.3, -0.25) is 0 Å². The molecule has 4 nitrogen and oxygen atoms in total. The van der Waals surface area contributed by atoms with Gasteiger partial charge in [0.1, 0.15) is 12.2 Å². The third kappa shape index (κ3) is 3.14. The molecule has 1 aromatic heterocycles. The molecule has 0 fully saturated rings. The zero-order valence-corrected chi connectivity index (χ0v) is 8.62. The Morgan fingerprint density at radius 1 is 1.54 bits per heavy atom. The number of nitrogens with zero attached hydrogens (tertiary/aromatic N) is 3. The minimum absolute atomic E-state index is 0.613. The van der Waals surface area contributed by atoms with Gasteiger partial charge in [-0.05, 0) is 12.5 Å². The molecule has 0 amide bonds.